The lowest BCUT2D eigenvalue weighted by Crippen LogP contribution is -2.53. The van der Waals surface area contributed by atoms with E-state index in [1.807, 2.05) is 24.3 Å². The number of carbonyl (C=O) groups excluding carboxylic acids is 1. The van der Waals surface area contributed by atoms with Crippen LogP contribution in [0.2, 0.25) is 5.02 Å². The molecule has 0 bridgehead atoms. The molecule has 0 spiro atoms. The van der Waals surface area contributed by atoms with E-state index >= 15 is 0 Å². The van der Waals surface area contributed by atoms with E-state index in [2.05, 4.69) is 34.9 Å². The standard InChI is InChI=1S/C26H33ClN2O2/c27-21-12-5-7-14-24(21)31-18-8-17-28-25(26(30)20-10-2-1-3-11-20)23-16-15-19-9-4-6-13-22(19)29-23/h4-7,9,12-14,20,23,25,28-29H,1-3,8,10-11,15-18H2. The van der Waals surface area contributed by atoms with Crippen LogP contribution in [-0.2, 0) is 11.2 Å². The van der Waals surface area contributed by atoms with Crippen LogP contribution in [-0.4, -0.2) is 31.0 Å². The van der Waals surface area contributed by atoms with E-state index in [0.717, 1.165) is 38.6 Å². The minimum atomic E-state index is -0.156. The van der Waals surface area contributed by atoms with Crippen molar-refractivity contribution in [2.75, 3.05) is 18.5 Å². The Morgan fingerprint density at radius 2 is 1.84 bits per heavy atom. The lowest BCUT2D eigenvalue weighted by Gasteiger charge is -2.35. The number of rotatable bonds is 9. The van der Waals surface area contributed by atoms with E-state index in [4.69, 9.17) is 16.3 Å². The summed E-state index contributed by atoms with van der Waals surface area (Å²) in [6, 6.07) is 16.0. The molecule has 1 fully saturated rings. The van der Waals surface area contributed by atoms with Crippen molar-refractivity contribution in [3.05, 3.63) is 59.1 Å². The molecule has 1 aliphatic carbocycles. The van der Waals surface area contributed by atoms with Gasteiger partial charge in [-0.3, -0.25) is 4.79 Å². The summed E-state index contributed by atoms with van der Waals surface area (Å²) in [4.78, 5) is 13.5. The van der Waals surface area contributed by atoms with Crippen LogP contribution in [0.25, 0.3) is 0 Å². The van der Waals surface area contributed by atoms with E-state index in [-0.39, 0.29) is 18.0 Å². The molecular weight excluding hydrogens is 408 g/mol. The van der Waals surface area contributed by atoms with E-state index in [1.54, 1.807) is 0 Å². The number of anilines is 1. The number of fused-ring (bicyclic) bond motifs is 1. The first-order chi connectivity index (χ1) is 15.2. The summed E-state index contributed by atoms with van der Waals surface area (Å²) >= 11 is 6.16. The monoisotopic (exact) mass is 440 g/mol. The van der Waals surface area contributed by atoms with Gasteiger partial charge in [-0.1, -0.05) is 61.2 Å². The summed E-state index contributed by atoms with van der Waals surface area (Å²) in [6.07, 6.45) is 8.50. The van der Waals surface area contributed by atoms with Gasteiger partial charge in [0.2, 0.25) is 0 Å². The molecule has 2 N–H and O–H groups in total. The van der Waals surface area contributed by atoms with Gasteiger partial charge < -0.3 is 15.4 Å². The maximum atomic E-state index is 13.5. The third-order valence-electron chi connectivity index (χ3n) is 6.58. The zero-order valence-electron chi connectivity index (χ0n) is 18.1. The Labute approximate surface area is 190 Å². The summed E-state index contributed by atoms with van der Waals surface area (Å²) in [5.41, 5.74) is 2.51. The average Bonchev–Trinajstić information content (AvgIpc) is 2.82. The molecule has 2 aliphatic rings. The first-order valence-electron chi connectivity index (χ1n) is 11.7. The molecule has 0 saturated heterocycles. The van der Waals surface area contributed by atoms with Gasteiger partial charge in [0.25, 0.3) is 0 Å². The Balaban J connectivity index is 1.36. The Kier molecular flexibility index (Phi) is 7.87. The molecule has 2 aromatic rings. The van der Waals surface area contributed by atoms with Crippen LogP contribution in [0.15, 0.2) is 48.5 Å². The van der Waals surface area contributed by atoms with Crippen molar-refractivity contribution in [2.24, 2.45) is 5.92 Å². The van der Waals surface area contributed by atoms with Crippen molar-refractivity contribution in [2.45, 2.75) is 63.5 Å². The molecule has 1 heterocycles. The molecule has 1 aliphatic heterocycles. The zero-order valence-corrected chi connectivity index (χ0v) is 18.9. The number of hydrogen-bond acceptors (Lipinski definition) is 4. The van der Waals surface area contributed by atoms with Crippen LogP contribution in [0, 0.1) is 5.92 Å². The number of hydrogen-bond donors (Lipinski definition) is 2. The van der Waals surface area contributed by atoms with Gasteiger partial charge in [0.15, 0.2) is 5.78 Å². The minimum Gasteiger partial charge on any atom is -0.492 e. The SMILES string of the molecule is O=C(C1CCCCC1)C(NCCCOc1ccccc1Cl)C1CCc2ccccc2N1. The number of nitrogens with one attached hydrogen (secondary N) is 2. The Hall–Kier alpha value is -2.04. The number of aryl methyl sites for hydroxylation is 1. The van der Waals surface area contributed by atoms with E-state index in [1.165, 1.54) is 30.5 Å². The highest BCUT2D eigenvalue weighted by atomic mass is 35.5. The summed E-state index contributed by atoms with van der Waals surface area (Å²) in [6.45, 7) is 1.31. The van der Waals surface area contributed by atoms with Gasteiger partial charge in [0.05, 0.1) is 17.7 Å². The highest BCUT2D eigenvalue weighted by Crippen LogP contribution is 2.30. The van der Waals surface area contributed by atoms with E-state index < -0.39 is 0 Å². The molecule has 2 aromatic carbocycles. The first-order valence-corrected chi connectivity index (χ1v) is 12.1. The molecule has 2 atom stereocenters. The maximum absolute atomic E-state index is 13.5. The number of halogens is 1. The predicted molar refractivity (Wildman–Crippen MR) is 127 cm³/mol. The van der Waals surface area contributed by atoms with Crippen molar-refractivity contribution < 1.29 is 9.53 Å². The largest absolute Gasteiger partial charge is 0.492 e. The number of ether oxygens (including phenoxy) is 1. The Morgan fingerprint density at radius 3 is 2.68 bits per heavy atom. The predicted octanol–water partition coefficient (Wildman–Crippen LogP) is 5.64. The van der Waals surface area contributed by atoms with Crippen LogP contribution in [0.5, 0.6) is 5.75 Å². The molecule has 2 unspecified atom stereocenters. The molecule has 0 radical (unpaired) electrons. The Morgan fingerprint density at radius 1 is 1.06 bits per heavy atom. The van der Waals surface area contributed by atoms with Crippen LogP contribution < -0.4 is 15.4 Å². The van der Waals surface area contributed by atoms with Crippen LogP contribution in [0.3, 0.4) is 0 Å². The second-order valence-electron chi connectivity index (χ2n) is 8.75. The highest BCUT2D eigenvalue weighted by molar-refractivity contribution is 6.32. The third kappa shape index (κ3) is 5.81. The minimum absolute atomic E-state index is 0.133. The normalized spacial score (nSPS) is 19.8. The van der Waals surface area contributed by atoms with E-state index in [9.17, 15) is 4.79 Å². The second kappa shape index (κ2) is 11.0. The second-order valence-corrected chi connectivity index (χ2v) is 9.16. The van der Waals surface area contributed by atoms with Gasteiger partial charge in [-0.25, -0.2) is 0 Å². The zero-order chi connectivity index (χ0) is 21.5. The molecule has 0 amide bonds. The highest BCUT2D eigenvalue weighted by Gasteiger charge is 2.34. The summed E-state index contributed by atoms with van der Waals surface area (Å²) in [5.74, 6) is 1.30. The molecule has 4 nitrogen and oxygen atoms in total. The number of ketones is 1. The first kappa shape index (κ1) is 22.2. The van der Waals surface area contributed by atoms with Gasteiger partial charge in [-0.2, -0.15) is 0 Å². The fraction of sp³-hybridized carbons (Fsp3) is 0.500. The van der Waals surface area contributed by atoms with Gasteiger partial charge in [-0.05, 0) is 62.4 Å². The van der Waals surface area contributed by atoms with Crippen molar-refractivity contribution in [3.63, 3.8) is 0 Å². The summed E-state index contributed by atoms with van der Waals surface area (Å²) < 4.78 is 5.81. The molecule has 4 rings (SSSR count). The topological polar surface area (TPSA) is 50.4 Å². The van der Waals surface area contributed by atoms with Crippen molar-refractivity contribution in [1.29, 1.82) is 0 Å². The van der Waals surface area contributed by atoms with Gasteiger partial charge in [0, 0.05) is 17.6 Å². The molecule has 0 aromatic heterocycles. The molecule has 5 heteroatoms. The average molecular weight is 441 g/mol. The van der Waals surface area contributed by atoms with Gasteiger partial charge in [0.1, 0.15) is 5.75 Å². The van der Waals surface area contributed by atoms with Crippen LogP contribution >= 0.6 is 11.6 Å². The number of benzene rings is 2. The molecule has 1 saturated carbocycles. The van der Waals surface area contributed by atoms with Gasteiger partial charge >= 0.3 is 0 Å². The number of Topliss-reactive ketones (excluding diaryl/α,β-unsaturated/α-hetero) is 1. The third-order valence-corrected chi connectivity index (χ3v) is 6.89. The quantitative estimate of drug-likeness (QED) is 0.495. The number of para-hydroxylation sites is 2. The smallest absolute Gasteiger partial charge is 0.154 e. The Bertz CT molecular complexity index is 866. The van der Waals surface area contributed by atoms with Gasteiger partial charge in [-0.15, -0.1) is 0 Å². The van der Waals surface area contributed by atoms with Crippen molar-refractivity contribution in [1.82, 2.24) is 5.32 Å². The number of carbonyl (C=O) groups is 1. The van der Waals surface area contributed by atoms with Crippen molar-refractivity contribution >= 4 is 23.1 Å². The van der Waals surface area contributed by atoms with Crippen LogP contribution in [0.1, 0.15) is 50.5 Å². The molecule has 166 valence electrons. The maximum Gasteiger partial charge on any atom is 0.154 e. The fourth-order valence-electron chi connectivity index (χ4n) is 4.87. The summed E-state index contributed by atoms with van der Waals surface area (Å²) in [7, 11) is 0. The lowest BCUT2D eigenvalue weighted by atomic mass is 9.80. The molecular formula is C26H33ClN2O2. The van der Waals surface area contributed by atoms with Crippen LogP contribution in [0.4, 0.5) is 5.69 Å². The van der Waals surface area contributed by atoms with Crippen molar-refractivity contribution in [3.8, 4) is 5.75 Å². The molecule has 31 heavy (non-hydrogen) atoms. The fourth-order valence-corrected chi connectivity index (χ4v) is 5.06. The lowest BCUT2D eigenvalue weighted by molar-refractivity contribution is -0.126. The summed E-state index contributed by atoms with van der Waals surface area (Å²) in [5, 5.41) is 7.88. The van der Waals surface area contributed by atoms with E-state index in [0.29, 0.717) is 23.2 Å².